The highest BCUT2D eigenvalue weighted by molar-refractivity contribution is 6.32. The van der Waals surface area contributed by atoms with Crippen molar-refractivity contribution in [3.63, 3.8) is 0 Å². The quantitative estimate of drug-likeness (QED) is 0.830. The third kappa shape index (κ3) is 3.70. The van der Waals surface area contributed by atoms with E-state index in [-0.39, 0.29) is 6.61 Å². The van der Waals surface area contributed by atoms with Crippen molar-refractivity contribution in [3.05, 3.63) is 28.8 Å². The second kappa shape index (κ2) is 4.84. The van der Waals surface area contributed by atoms with Crippen molar-refractivity contribution in [2.45, 2.75) is 26.0 Å². The first-order valence-electron chi connectivity index (χ1n) is 4.76. The Morgan fingerprint density at radius 3 is 2.67 bits per heavy atom. The number of benzene rings is 1. The minimum atomic E-state index is -0.884. The van der Waals surface area contributed by atoms with Crippen LogP contribution in [0.25, 0.3) is 0 Å². The first kappa shape index (κ1) is 12.3. The van der Waals surface area contributed by atoms with Crippen LogP contribution in [0.5, 0.6) is 5.75 Å². The number of para-hydroxylation sites is 1. The SMILES string of the molecule is CC(C)(O)COc1c(Cl)cccc1CN. The van der Waals surface area contributed by atoms with E-state index in [0.717, 1.165) is 5.56 Å². The molecule has 0 aliphatic heterocycles. The minimum Gasteiger partial charge on any atom is -0.489 e. The standard InChI is InChI=1S/C11H16ClNO2/c1-11(2,14)7-15-10-8(6-13)4-3-5-9(10)12/h3-5,14H,6-7,13H2,1-2H3. The topological polar surface area (TPSA) is 55.5 Å². The minimum absolute atomic E-state index is 0.184. The molecule has 0 saturated heterocycles. The van der Waals surface area contributed by atoms with Crippen LogP contribution < -0.4 is 10.5 Å². The fraction of sp³-hybridized carbons (Fsp3) is 0.455. The Bertz CT molecular complexity index is 334. The van der Waals surface area contributed by atoms with Gasteiger partial charge < -0.3 is 15.6 Å². The smallest absolute Gasteiger partial charge is 0.142 e. The molecule has 1 aromatic carbocycles. The Kier molecular flexibility index (Phi) is 3.97. The van der Waals surface area contributed by atoms with Crippen LogP contribution in [0.15, 0.2) is 18.2 Å². The lowest BCUT2D eigenvalue weighted by Crippen LogP contribution is -2.28. The highest BCUT2D eigenvalue weighted by atomic mass is 35.5. The number of hydrogen-bond donors (Lipinski definition) is 2. The highest BCUT2D eigenvalue weighted by Gasteiger charge is 2.15. The van der Waals surface area contributed by atoms with Gasteiger partial charge in [-0.1, -0.05) is 23.7 Å². The molecule has 0 amide bonds. The molecule has 0 aliphatic rings. The largest absolute Gasteiger partial charge is 0.489 e. The van der Waals surface area contributed by atoms with Gasteiger partial charge in [-0.25, -0.2) is 0 Å². The van der Waals surface area contributed by atoms with Crippen molar-refractivity contribution < 1.29 is 9.84 Å². The van der Waals surface area contributed by atoms with Crippen LogP contribution in [0, 0.1) is 0 Å². The molecule has 0 bridgehead atoms. The van der Waals surface area contributed by atoms with E-state index in [9.17, 15) is 5.11 Å². The lowest BCUT2D eigenvalue weighted by atomic mass is 10.1. The van der Waals surface area contributed by atoms with E-state index in [4.69, 9.17) is 22.1 Å². The monoisotopic (exact) mass is 229 g/mol. The average molecular weight is 230 g/mol. The molecule has 0 radical (unpaired) electrons. The van der Waals surface area contributed by atoms with E-state index >= 15 is 0 Å². The predicted molar refractivity (Wildman–Crippen MR) is 61.1 cm³/mol. The van der Waals surface area contributed by atoms with E-state index in [1.807, 2.05) is 12.1 Å². The zero-order chi connectivity index (χ0) is 11.5. The molecule has 0 spiro atoms. The lowest BCUT2D eigenvalue weighted by Gasteiger charge is -2.19. The summed E-state index contributed by atoms with van der Waals surface area (Å²) in [5.41, 5.74) is 5.51. The van der Waals surface area contributed by atoms with Crippen molar-refractivity contribution in [2.24, 2.45) is 5.73 Å². The van der Waals surface area contributed by atoms with E-state index in [1.54, 1.807) is 19.9 Å². The Morgan fingerprint density at radius 1 is 1.47 bits per heavy atom. The van der Waals surface area contributed by atoms with Crippen LogP contribution in [0.1, 0.15) is 19.4 Å². The van der Waals surface area contributed by atoms with Gasteiger partial charge in [0.25, 0.3) is 0 Å². The summed E-state index contributed by atoms with van der Waals surface area (Å²) in [7, 11) is 0. The maximum Gasteiger partial charge on any atom is 0.142 e. The van der Waals surface area contributed by atoms with Crippen molar-refractivity contribution >= 4 is 11.6 Å². The van der Waals surface area contributed by atoms with Crippen LogP contribution >= 0.6 is 11.6 Å². The molecule has 0 aromatic heterocycles. The molecule has 84 valence electrons. The molecule has 0 atom stereocenters. The first-order chi connectivity index (χ1) is 6.94. The molecule has 4 heteroatoms. The van der Waals surface area contributed by atoms with Gasteiger partial charge in [0.2, 0.25) is 0 Å². The maximum atomic E-state index is 9.53. The van der Waals surface area contributed by atoms with Gasteiger partial charge in [0.05, 0.1) is 10.6 Å². The molecule has 3 N–H and O–H groups in total. The van der Waals surface area contributed by atoms with Gasteiger partial charge in [0.1, 0.15) is 12.4 Å². The predicted octanol–water partition coefficient (Wildman–Crippen LogP) is 1.95. The number of nitrogens with two attached hydrogens (primary N) is 1. The van der Waals surface area contributed by atoms with E-state index < -0.39 is 5.60 Å². The Labute approximate surface area is 94.8 Å². The van der Waals surface area contributed by atoms with Gasteiger partial charge >= 0.3 is 0 Å². The fourth-order valence-electron chi connectivity index (χ4n) is 1.12. The van der Waals surface area contributed by atoms with Crippen LogP contribution in [0.2, 0.25) is 5.02 Å². The van der Waals surface area contributed by atoms with Crippen LogP contribution in [-0.2, 0) is 6.54 Å². The second-order valence-electron chi connectivity index (χ2n) is 4.03. The number of halogens is 1. The summed E-state index contributed by atoms with van der Waals surface area (Å²) in [4.78, 5) is 0. The Balaban J connectivity index is 2.83. The van der Waals surface area contributed by atoms with Gasteiger partial charge in [-0.15, -0.1) is 0 Å². The Morgan fingerprint density at radius 2 is 2.13 bits per heavy atom. The summed E-state index contributed by atoms with van der Waals surface area (Å²) in [6.07, 6.45) is 0. The summed E-state index contributed by atoms with van der Waals surface area (Å²) >= 11 is 5.97. The van der Waals surface area contributed by atoms with Gasteiger partial charge in [-0.2, -0.15) is 0 Å². The summed E-state index contributed by atoms with van der Waals surface area (Å²) < 4.78 is 5.46. The summed E-state index contributed by atoms with van der Waals surface area (Å²) in [6.45, 7) is 3.89. The van der Waals surface area contributed by atoms with E-state index in [2.05, 4.69) is 0 Å². The molecule has 3 nitrogen and oxygen atoms in total. The molecule has 0 fully saturated rings. The maximum absolute atomic E-state index is 9.53. The molecule has 15 heavy (non-hydrogen) atoms. The van der Waals surface area contributed by atoms with Crippen LogP contribution in [0.4, 0.5) is 0 Å². The van der Waals surface area contributed by atoms with Crippen molar-refractivity contribution in [1.29, 1.82) is 0 Å². The molecule has 0 heterocycles. The van der Waals surface area contributed by atoms with Gasteiger partial charge in [-0.05, 0) is 19.9 Å². The zero-order valence-corrected chi connectivity index (χ0v) is 9.71. The van der Waals surface area contributed by atoms with E-state index in [1.165, 1.54) is 0 Å². The third-order valence-corrected chi connectivity index (χ3v) is 2.14. The Hall–Kier alpha value is -0.770. The average Bonchev–Trinajstić information content (AvgIpc) is 2.14. The second-order valence-corrected chi connectivity index (χ2v) is 4.44. The molecule has 0 unspecified atom stereocenters. The summed E-state index contributed by atoms with van der Waals surface area (Å²) in [6, 6.07) is 5.41. The van der Waals surface area contributed by atoms with E-state index in [0.29, 0.717) is 17.3 Å². The lowest BCUT2D eigenvalue weighted by molar-refractivity contribution is 0.0282. The van der Waals surface area contributed by atoms with Crippen LogP contribution in [-0.4, -0.2) is 17.3 Å². The number of rotatable bonds is 4. The normalized spacial score (nSPS) is 11.5. The van der Waals surface area contributed by atoms with Crippen molar-refractivity contribution in [2.75, 3.05) is 6.61 Å². The fourth-order valence-corrected chi connectivity index (χ4v) is 1.37. The third-order valence-electron chi connectivity index (χ3n) is 1.84. The first-order valence-corrected chi connectivity index (χ1v) is 5.14. The molecule has 0 saturated carbocycles. The molecule has 1 aromatic rings. The molecule has 0 aliphatic carbocycles. The van der Waals surface area contributed by atoms with Crippen LogP contribution in [0.3, 0.4) is 0 Å². The zero-order valence-electron chi connectivity index (χ0n) is 8.96. The van der Waals surface area contributed by atoms with Crippen molar-refractivity contribution in [1.82, 2.24) is 0 Å². The number of hydrogen-bond acceptors (Lipinski definition) is 3. The van der Waals surface area contributed by atoms with Gasteiger partial charge in [-0.3, -0.25) is 0 Å². The highest BCUT2D eigenvalue weighted by Crippen LogP contribution is 2.28. The van der Waals surface area contributed by atoms with Gasteiger partial charge in [0.15, 0.2) is 0 Å². The summed E-state index contributed by atoms with van der Waals surface area (Å²) in [5, 5.41) is 10.1. The number of ether oxygens (including phenoxy) is 1. The number of aliphatic hydroxyl groups is 1. The molecular formula is C11H16ClNO2. The molecule has 1 rings (SSSR count). The van der Waals surface area contributed by atoms with Gasteiger partial charge in [0, 0.05) is 12.1 Å². The molecular weight excluding hydrogens is 214 g/mol. The van der Waals surface area contributed by atoms with Crippen molar-refractivity contribution in [3.8, 4) is 5.75 Å². The summed E-state index contributed by atoms with van der Waals surface area (Å²) in [5.74, 6) is 0.559.